The Morgan fingerprint density at radius 2 is 1.77 bits per heavy atom. The van der Waals surface area contributed by atoms with E-state index in [1.165, 1.54) is 5.56 Å². The zero-order valence-corrected chi connectivity index (χ0v) is 14.3. The van der Waals surface area contributed by atoms with Crippen LogP contribution in [-0.4, -0.2) is 53.1 Å². The van der Waals surface area contributed by atoms with Crippen molar-refractivity contribution < 1.29 is 4.79 Å². The SMILES string of the molecule is Cc1ccc(C2SC(N3CCN(C(C)C)CC3)=NC2=O)cc1. The standard InChI is InChI=1S/C17H23N3OS/c1-12(2)19-8-10-20(11-9-19)17-18-16(21)15(22-17)14-6-4-13(3)5-7-14/h4-7,12,15H,8-11H2,1-3H3. The summed E-state index contributed by atoms with van der Waals surface area (Å²) in [6.45, 7) is 10.5. The van der Waals surface area contributed by atoms with Crippen LogP contribution >= 0.6 is 11.8 Å². The Morgan fingerprint density at radius 1 is 1.14 bits per heavy atom. The van der Waals surface area contributed by atoms with Gasteiger partial charge < -0.3 is 4.90 Å². The summed E-state index contributed by atoms with van der Waals surface area (Å²) in [5.74, 6) is -0.0184. The second kappa shape index (κ2) is 6.42. The molecule has 0 radical (unpaired) electrons. The summed E-state index contributed by atoms with van der Waals surface area (Å²) < 4.78 is 0. The lowest BCUT2D eigenvalue weighted by Gasteiger charge is -2.37. The highest BCUT2D eigenvalue weighted by molar-refractivity contribution is 8.15. The minimum atomic E-state index is -0.168. The normalized spacial score (nSPS) is 23.3. The van der Waals surface area contributed by atoms with Gasteiger partial charge in [-0.1, -0.05) is 41.6 Å². The molecule has 0 saturated carbocycles. The number of aliphatic imine (C=N–C) groups is 1. The van der Waals surface area contributed by atoms with Gasteiger partial charge in [0.25, 0.3) is 5.91 Å². The van der Waals surface area contributed by atoms with E-state index < -0.39 is 0 Å². The molecular weight excluding hydrogens is 294 g/mol. The summed E-state index contributed by atoms with van der Waals surface area (Å²) >= 11 is 1.60. The zero-order chi connectivity index (χ0) is 15.7. The number of piperazine rings is 1. The third kappa shape index (κ3) is 3.20. The Morgan fingerprint density at radius 3 is 2.36 bits per heavy atom. The summed E-state index contributed by atoms with van der Waals surface area (Å²) in [5.41, 5.74) is 2.27. The Kier molecular flexibility index (Phi) is 4.54. The van der Waals surface area contributed by atoms with Crippen LogP contribution in [-0.2, 0) is 4.79 Å². The van der Waals surface area contributed by atoms with Crippen molar-refractivity contribution in [3.8, 4) is 0 Å². The molecule has 1 fully saturated rings. The van der Waals surface area contributed by atoms with Gasteiger partial charge >= 0.3 is 0 Å². The van der Waals surface area contributed by atoms with E-state index in [0.717, 1.165) is 36.9 Å². The number of amidine groups is 1. The Balaban J connectivity index is 1.64. The van der Waals surface area contributed by atoms with Crippen LogP contribution < -0.4 is 0 Å². The molecule has 0 aromatic heterocycles. The van der Waals surface area contributed by atoms with E-state index in [9.17, 15) is 4.79 Å². The van der Waals surface area contributed by atoms with Crippen LogP contribution in [0.25, 0.3) is 0 Å². The highest BCUT2D eigenvalue weighted by Crippen LogP contribution is 2.37. The van der Waals surface area contributed by atoms with E-state index in [4.69, 9.17) is 0 Å². The topological polar surface area (TPSA) is 35.9 Å². The first-order valence-corrected chi connectivity index (χ1v) is 8.77. The number of hydrogen-bond donors (Lipinski definition) is 0. The number of hydrogen-bond acceptors (Lipinski definition) is 4. The molecule has 1 aromatic rings. The van der Waals surface area contributed by atoms with Crippen LogP contribution in [0.2, 0.25) is 0 Å². The summed E-state index contributed by atoms with van der Waals surface area (Å²) in [7, 11) is 0. The minimum absolute atomic E-state index is 0.0184. The van der Waals surface area contributed by atoms with Crippen LogP contribution in [0, 0.1) is 6.92 Å². The van der Waals surface area contributed by atoms with Gasteiger partial charge in [0.2, 0.25) is 0 Å². The van der Waals surface area contributed by atoms with E-state index in [1.54, 1.807) is 11.8 Å². The lowest BCUT2D eigenvalue weighted by atomic mass is 10.1. The van der Waals surface area contributed by atoms with Crippen molar-refractivity contribution in [3.63, 3.8) is 0 Å². The smallest absolute Gasteiger partial charge is 0.266 e. The van der Waals surface area contributed by atoms with Crippen LogP contribution in [0.15, 0.2) is 29.3 Å². The molecule has 5 heteroatoms. The number of nitrogens with zero attached hydrogens (tertiary/aromatic N) is 3. The molecule has 2 aliphatic rings. The van der Waals surface area contributed by atoms with Crippen molar-refractivity contribution in [2.75, 3.05) is 26.2 Å². The Bertz CT molecular complexity index is 574. The molecule has 1 atom stereocenters. The zero-order valence-electron chi connectivity index (χ0n) is 13.5. The highest BCUT2D eigenvalue weighted by Gasteiger charge is 2.33. The van der Waals surface area contributed by atoms with Gasteiger partial charge in [0.15, 0.2) is 5.17 Å². The van der Waals surface area contributed by atoms with Gasteiger partial charge in [-0.25, -0.2) is 0 Å². The number of benzene rings is 1. The molecule has 1 aromatic carbocycles. The molecule has 1 amide bonds. The second-order valence-electron chi connectivity index (χ2n) is 6.26. The fraction of sp³-hybridized carbons (Fsp3) is 0.529. The lowest BCUT2D eigenvalue weighted by Crippen LogP contribution is -2.49. The molecule has 1 unspecified atom stereocenters. The van der Waals surface area contributed by atoms with Gasteiger partial charge in [0.05, 0.1) is 0 Å². The van der Waals surface area contributed by atoms with Gasteiger partial charge in [0.1, 0.15) is 5.25 Å². The fourth-order valence-corrected chi connectivity index (χ4v) is 3.99. The van der Waals surface area contributed by atoms with Crippen molar-refractivity contribution in [2.24, 2.45) is 4.99 Å². The van der Waals surface area contributed by atoms with E-state index in [0.29, 0.717) is 6.04 Å². The second-order valence-corrected chi connectivity index (χ2v) is 7.33. The molecular formula is C17H23N3OS. The molecule has 0 N–H and O–H groups in total. The number of rotatable bonds is 2. The molecule has 118 valence electrons. The third-order valence-corrected chi connectivity index (χ3v) is 5.62. The predicted molar refractivity (Wildman–Crippen MR) is 92.2 cm³/mol. The van der Waals surface area contributed by atoms with Crippen LogP contribution in [0.4, 0.5) is 0 Å². The molecule has 2 heterocycles. The van der Waals surface area contributed by atoms with Crippen LogP contribution in [0.5, 0.6) is 0 Å². The highest BCUT2D eigenvalue weighted by atomic mass is 32.2. The van der Waals surface area contributed by atoms with E-state index in [2.05, 4.69) is 47.7 Å². The quantitative estimate of drug-likeness (QED) is 0.840. The molecule has 22 heavy (non-hydrogen) atoms. The number of aryl methyl sites for hydroxylation is 1. The predicted octanol–water partition coefficient (Wildman–Crippen LogP) is 2.69. The minimum Gasteiger partial charge on any atom is -0.348 e. The fourth-order valence-electron chi connectivity index (χ4n) is 2.86. The van der Waals surface area contributed by atoms with Gasteiger partial charge in [-0.2, -0.15) is 4.99 Å². The van der Waals surface area contributed by atoms with Crippen molar-refractivity contribution in [3.05, 3.63) is 35.4 Å². The number of carbonyl (C=O) groups is 1. The maximum atomic E-state index is 12.2. The summed E-state index contributed by atoms with van der Waals surface area (Å²) in [4.78, 5) is 21.3. The maximum Gasteiger partial charge on any atom is 0.266 e. The number of carbonyl (C=O) groups excluding carboxylic acids is 1. The van der Waals surface area contributed by atoms with E-state index in [-0.39, 0.29) is 11.2 Å². The Labute approximate surface area is 136 Å². The van der Waals surface area contributed by atoms with Gasteiger partial charge in [-0.3, -0.25) is 9.69 Å². The average Bonchev–Trinajstić information content (AvgIpc) is 2.90. The molecule has 0 spiro atoms. The van der Waals surface area contributed by atoms with Crippen LogP contribution in [0.3, 0.4) is 0 Å². The first-order chi connectivity index (χ1) is 10.5. The summed E-state index contributed by atoms with van der Waals surface area (Å²) in [6, 6.07) is 8.79. The molecule has 1 saturated heterocycles. The molecule has 4 nitrogen and oxygen atoms in total. The number of amides is 1. The van der Waals surface area contributed by atoms with E-state index >= 15 is 0 Å². The molecule has 2 aliphatic heterocycles. The molecule has 0 bridgehead atoms. The van der Waals surface area contributed by atoms with Crippen molar-refractivity contribution in [1.82, 2.24) is 9.80 Å². The van der Waals surface area contributed by atoms with Gasteiger partial charge in [0, 0.05) is 32.2 Å². The number of thioether (sulfide) groups is 1. The van der Waals surface area contributed by atoms with Crippen molar-refractivity contribution >= 4 is 22.8 Å². The first kappa shape index (κ1) is 15.6. The van der Waals surface area contributed by atoms with Gasteiger partial charge in [-0.15, -0.1) is 0 Å². The van der Waals surface area contributed by atoms with Gasteiger partial charge in [-0.05, 0) is 26.3 Å². The molecule has 3 rings (SSSR count). The Hall–Kier alpha value is -1.33. The maximum absolute atomic E-state index is 12.2. The third-order valence-electron chi connectivity index (χ3n) is 4.35. The summed E-state index contributed by atoms with van der Waals surface area (Å²) in [5, 5.41) is 0.734. The lowest BCUT2D eigenvalue weighted by molar-refractivity contribution is -0.117. The first-order valence-electron chi connectivity index (χ1n) is 7.89. The van der Waals surface area contributed by atoms with Crippen molar-refractivity contribution in [2.45, 2.75) is 32.1 Å². The molecule has 0 aliphatic carbocycles. The van der Waals surface area contributed by atoms with Crippen molar-refractivity contribution in [1.29, 1.82) is 0 Å². The average molecular weight is 317 g/mol. The van der Waals surface area contributed by atoms with Crippen LogP contribution in [0.1, 0.15) is 30.2 Å². The largest absolute Gasteiger partial charge is 0.348 e. The van der Waals surface area contributed by atoms with E-state index in [1.807, 2.05) is 12.1 Å². The monoisotopic (exact) mass is 317 g/mol. The summed E-state index contributed by atoms with van der Waals surface area (Å²) in [6.07, 6.45) is 0.